The van der Waals surface area contributed by atoms with Gasteiger partial charge in [-0.05, 0) is 48.5 Å². The van der Waals surface area contributed by atoms with Gasteiger partial charge in [0, 0.05) is 40.3 Å². The number of amides is 2. The highest BCUT2D eigenvalue weighted by Gasteiger charge is 2.35. The minimum absolute atomic E-state index is 0.0793. The van der Waals surface area contributed by atoms with Crippen molar-refractivity contribution in [1.82, 2.24) is 5.43 Å². The fraction of sp³-hybridized carbons (Fsp3) is 0.167. The van der Waals surface area contributed by atoms with Gasteiger partial charge in [0.25, 0.3) is 0 Å². The summed E-state index contributed by atoms with van der Waals surface area (Å²) in [5.74, 6) is -0.822. The Labute approximate surface area is 200 Å². The summed E-state index contributed by atoms with van der Waals surface area (Å²) in [7, 11) is 0. The van der Waals surface area contributed by atoms with Gasteiger partial charge in [0.2, 0.25) is 11.8 Å². The molecule has 3 aromatic rings. The second-order valence-corrected chi connectivity index (χ2v) is 8.39. The van der Waals surface area contributed by atoms with E-state index in [0.29, 0.717) is 27.2 Å². The molecule has 0 aromatic heterocycles. The van der Waals surface area contributed by atoms with Crippen LogP contribution in [0.5, 0.6) is 5.75 Å². The van der Waals surface area contributed by atoms with Crippen LogP contribution in [0.2, 0.25) is 10.0 Å². The topological polar surface area (TPSA) is 70.7 Å². The van der Waals surface area contributed by atoms with Gasteiger partial charge in [-0.1, -0.05) is 35.3 Å². The highest BCUT2D eigenvalue weighted by atomic mass is 35.5. The lowest BCUT2D eigenvalue weighted by atomic mass is 10.1. The van der Waals surface area contributed by atoms with E-state index in [4.69, 9.17) is 27.9 Å². The number of carbonyl (C=O) groups is 2. The second-order valence-electron chi connectivity index (χ2n) is 7.55. The maximum absolute atomic E-state index is 13.1. The summed E-state index contributed by atoms with van der Waals surface area (Å²) in [5.41, 5.74) is 7.47. The van der Waals surface area contributed by atoms with Gasteiger partial charge in [0.1, 0.15) is 18.2 Å². The van der Waals surface area contributed by atoms with Crippen LogP contribution in [0, 0.1) is 11.7 Å². The lowest BCUT2D eigenvalue weighted by Gasteiger charge is -2.17. The van der Waals surface area contributed by atoms with E-state index in [2.05, 4.69) is 10.9 Å². The predicted octanol–water partition coefficient (Wildman–Crippen LogP) is 5.21. The van der Waals surface area contributed by atoms with E-state index >= 15 is 0 Å². The third-order valence-electron chi connectivity index (χ3n) is 5.21. The van der Waals surface area contributed by atoms with Crippen molar-refractivity contribution in [2.45, 2.75) is 13.0 Å². The second kappa shape index (κ2) is 10.1. The Kier molecular flexibility index (Phi) is 7.01. The molecular weight excluding hydrogens is 468 g/mol. The predicted molar refractivity (Wildman–Crippen MR) is 126 cm³/mol. The molecule has 1 atom stereocenters. The van der Waals surface area contributed by atoms with Crippen LogP contribution < -0.4 is 20.5 Å². The van der Waals surface area contributed by atoms with Crippen molar-refractivity contribution in [3.05, 3.63) is 88.2 Å². The molecular formula is C24H20Cl2FN3O3. The normalized spacial score (nSPS) is 15.4. The maximum atomic E-state index is 13.1. The Morgan fingerprint density at radius 2 is 1.88 bits per heavy atom. The SMILES string of the molecule is O=C(NNc1cccc(OCc2ccc(Cl)cc2Cl)c1)[C@H]1CC(=O)N(c2ccc(F)cc2)C1. The first-order chi connectivity index (χ1) is 15.9. The largest absolute Gasteiger partial charge is 0.489 e. The molecule has 1 fully saturated rings. The molecule has 0 bridgehead atoms. The summed E-state index contributed by atoms with van der Waals surface area (Å²) in [6.45, 7) is 0.484. The zero-order valence-electron chi connectivity index (χ0n) is 17.4. The smallest absolute Gasteiger partial charge is 0.243 e. The van der Waals surface area contributed by atoms with Crippen LogP contribution in [0.4, 0.5) is 15.8 Å². The van der Waals surface area contributed by atoms with Crippen LogP contribution in [0.1, 0.15) is 12.0 Å². The van der Waals surface area contributed by atoms with Crippen molar-refractivity contribution < 1.29 is 18.7 Å². The van der Waals surface area contributed by atoms with E-state index in [9.17, 15) is 14.0 Å². The van der Waals surface area contributed by atoms with Crippen molar-refractivity contribution in [3.63, 3.8) is 0 Å². The summed E-state index contributed by atoms with van der Waals surface area (Å²) in [6, 6.07) is 17.9. The molecule has 1 saturated heterocycles. The summed E-state index contributed by atoms with van der Waals surface area (Å²) in [5, 5.41) is 1.07. The van der Waals surface area contributed by atoms with Gasteiger partial charge >= 0.3 is 0 Å². The number of ether oxygens (including phenoxy) is 1. The van der Waals surface area contributed by atoms with Crippen LogP contribution in [0.25, 0.3) is 0 Å². The van der Waals surface area contributed by atoms with E-state index in [1.54, 1.807) is 42.5 Å². The minimum Gasteiger partial charge on any atom is -0.489 e. The number of hydrogen-bond acceptors (Lipinski definition) is 4. The van der Waals surface area contributed by atoms with Crippen molar-refractivity contribution >= 4 is 46.4 Å². The fourth-order valence-electron chi connectivity index (χ4n) is 3.45. The number of nitrogens with one attached hydrogen (secondary N) is 2. The molecule has 4 rings (SSSR count). The molecule has 1 aliphatic rings. The van der Waals surface area contributed by atoms with Crippen LogP contribution in [0.3, 0.4) is 0 Å². The third-order valence-corrected chi connectivity index (χ3v) is 5.79. The number of halogens is 3. The fourth-order valence-corrected chi connectivity index (χ4v) is 3.92. The standard InChI is InChI=1S/C24H20Cl2FN3O3/c25-17-5-4-15(22(26)11-17)14-33-21-3-1-2-19(12-21)28-29-24(32)16-10-23(31)30(13-16)20-8-6-18(27)7-9-20/h1-9,11-12,16,28H,10,13-14H2,(H,29,32)/t16-/m0/s1. The number of hydrogen-bond donors (Lipinski definition) is 2. The van der Waals surface area contributed by atoms with Crippen LogP contribution in [-0.4, -0.2) is 18.4 Å². The first-order valence-electron chi connectivity index (χ1n) is 10.2. The molecule has 0 unspecified atom stereocenters. The van der Waals surface area contributed by atoms with Crippen molar-refractivity contribution in [2.24, 2.45) is 5.92 Å². The lowest BCUT2D eigenvalue weighted by Crippen LogP contribution is -2.36. The maximum Gasteiger partial charge on any atom is 0.243 e. The number of carbonyl (C=O) groups excluding carboxylic acids is 2. The van der Waals surface area contributed by atoms with E-state index in [-0.39, 0.29) is 37.2 Å². The van der Waals surface area contributed by atoms with E-state index in [1.165, 1.54) is 29.2 Å². The quantitative estimate of drug-likeness (QED) is 0.449. The summed E-state index contributed by atoms with van der Waals surface area (Å²) in [4.78, 5) is 26.4. The van der Waals surface area contributed by atoms with Crippen molar-refractivity contribution in [1.29, 1.82) is 0 Å². The third kappa shape index (κ3) is 5.74. The first kappa shape index (κ1) is 22.9. The monoisotopic (exact) mass is 487 g/mol. The van der Waals surface area contributed by atoms with Gasteiger partial charge in [0.05, 0.1) is 11.6 Å². The molecule has 2 N–H and O–H groups in total. The molecule has 6 nitrogen and oxygen atoms in total. The Bertz CT molecular complexity index is 1170. The van der Waals surface area contributed by atoms with Crippen molar-refractivity contribution in [3.8, 4) is 5.75 Å². The Balaban J connectivity index is 1.31. The first-order valence-corrected chi connectivity index (χ1v) is 10.9. The Morgan fingerprint density at radius 1 is 1.09 bits per heavy atom. The molecule has 0 radical (unpaired) electrons. The number of hydrazine groups is 1. The molecule has 0 saturated carbocycles. The molecule has 0 aliphatic carbocycles. The number of benzene rings is 3. The number of anilines is 2. The van der Waals surface area contributed by atoms with Gasteiger partial charge in [-0.3, -0.25) is 20.4 Å². The van der Waals surface area contributed by atoms with E-state index in [0.717, 1.165) is 5.56 Å². The van der Waals surface area contributed by atoms with Gasteiger partial charge in [-0.25, -0.2) is 4.39 Å². The zero-order valence-corrected chi connectivity index (χ0v) is 18.9. The van der Waals surface area contributed by atoms with Gasteiger partial charge in [-0.15, -0.1) is 0 Å². The van der Waals surface area contributed by atoms with Crippen molar-refractivity contribution in [2.75, 3.05) is 16.9 Å². The minimum atomic E-state index is -0.526. The molecule has 9 heteroatoms. The molecule has 170 valence electrons. The summed E-state index contributed by atoms with van der Waals surface area (Å²) >= 11 is 12.1. The van der Waals surface area contributed by atoms with Crippen LogP contribution in [-0.2, 0) is 16.2 Å². The number of rotatable bonds is 7. The molecule has 1 heterocycles. The van der Waals surface area contributed by atoms with Crippen LogP contribution in [0.15, 0.2) is 66.7 Å². The average molecular weight is 488 g/mol. The molecule has 0 spiro atoms. The Morgan fingerprint density at radius 3 is 2.64 bits per heavy atom. The summed E-state index contributed by atoms with van der Waals surface area (Å²) < 4.78 is 18.9. The molecule has 1 aliphatic heterocycles. The highest BCUT2D eigenvalue weighted by Crippen LogP contribution is 2.26. The average Bonchev–Trinajstić information content (AvgIpc) is 3.19. The lowest BCUT2D eigenvalue weighted by molar-refractivity contribution is -0.125. The van der Waals surface area contributed by atoms with E-state index < -0.39 is 5.92 Å². The zero-order chi connectivity index (χ0) is 23.4. The highest BCUT2D eigenvalue weighted by molar-refractivity contribution is 6.35. The van der Waals surface area contributed by atoms with E-state index in [1.807, 2.05) is 0 Å². The number of nitrogens with zero attached hydrogens (tertiary/aromatic N) is 1. The van der Waals surface area contributed by atoms with Crippen LogP contribution >= 0.6 is 23.2 Å². The molecule has 3 aromatic carbocycles. The molecule has 2 amide bonds. The van der Waals surface area contributed by atoms with Gasteiger partial charge in [0.15, 0.2) is 0 Å². The summed E-state index contributed by atoms with van der Waals surface area (Å²) in [6.07, 6.45) is 0.0793. The van der Waals surface area contributed by atoms with Gasteiger partial charge in [-0.2, -0.15) is 0 Å². The van der Waals surface area contributed by atoms with Gasteiger partial charge < -0.3 is 9.64 Å². The molecule has 33 heavy (non-hydrogen) atoms. The Hall–Kier alpha value is -3.29.